The van der Waals surface area contributed by atoms with E-state index in [4.69, 9.17) is 0 Å². The van der Waals surface area contributed by atoms with Crippen LogP contribution in [-0.4, -0.2) is 11.5 Å². The first-order valence-electron chi connectivity index (χ1n) is 6.22. The largest absolute Gasteiger partial charge is 0.367 e. The monoisotopic (exact) mass is 302 g/mol. The third kappa shape index (κ3) is 5.02. The van der Waals surface area contributed by atoms with Gasteiger partial charge in [0, 0.05) is 17.2 Å². The lowest BCUT2D eigenvalue weighted by Gasteiger charge is -2.15. The molecule has 17 heavy (non-hydrogen) atoms. The first kappa shape index (κ1) is 14.4. The molecule has 96 valence electrons. The van der Waals surface area contributed by atoms with Gasteiger partial charge in [-0.25, -0.2) is 9.37 Å². The summed E-state index contributed by atoms with van der Waals surface area (Å²) in [7, 11) is 0. The van der Waals surface area contributed by atoms with Crippen LogP contribution in [0.1, 0.15) is 39.5 Å². The average molecular weight is 303 g/mol. The molecule has 0 saturated carbocycles. The Balaban J connectivity index is 2.47. The molecular weight excluding hydrogens is 283 g/mol. The van der Waals surface area contributed by atoms with Gasteiger partial charge in [0.25, 0.3) is 0 Å². The number of nitrogens with one attached hydrogen (secondary N) is 1. The number of aromatic nitrogens is 1. The highest BCUT2D eigenvalue weighted by Gasteiger charge is 2.08. The molecule has 1 atom stereocenters. The molecule has 1 unspecified atom stereocenters. The summed E-state index contributed by atoms with van der Waals surface area (Å²) in [6, 6.07) is 1.43. The predicted octanol–water partition coefficient (Wildman–Crippen LogP) is 4.61. The van der Waals surface area contributed by atoms with Crippen molar-refractivity contribution in [3.05, 3.63) is 22.6 Å². The maximum Gasteiger partial charge on any atom is 0.166 e. The number of pyridine rings is 1. The van der Waals surface area contributed by atoms with Crippen molar-refractivity contribution in [1.82, 2.24) is 4.98 Å². The van der Waals surface area contributed by atoms with Crippen molar-refractivity contribution in [3.63, 3.8) is 0 Å². The second kappa shape index (κ2) is 7.64. The number of hydrogen-bond donors (Lipinski definition) is 1. The van der Waals surface area contributed by atoms with Crippen molar-refractivity contribution in [2.24, 2.45) is 5.92 Å². The zero-order valence-electron chi connectivity index (χ0n) is 10.5. The molecule has 0 aliphatic heterocycles. The van der Waals surface area contributed by atoms with E-state index < -0.39 is 0 Å². The summed E-state index contributed by atoms with van der Waals surface area (Å²) in [6.45, 7) is 5.16. The van der Waals surface area contributed by atoms with Gasteiger partial charge in [0.05, 0.1) is 0 Å². The lowest BCUT2D eigenvalue weighted by molar-refractivity contribution is 0.471. The Morgan fingerprint density at radius 2 is 2.24 bits per heavy atom. The van der Waals surface area contributed by atoms with Gasteiger partial charge in [0.15, 0.2) is 11.6 Å². The summed E-state index contributed by atoms with van der Waals surface area (Å²) in [5, 5.41) is 3.09. The van der Waals surface area contributed by atoms with E-state index >= 15 is 0 Å². The Bertz CT molecular complexity index is 344. The highest BCUT2D eigenvalue weighted by Crippen LogP contribution is 2.18. The second-order valence-corrected chi connectivity index (χ2v) is 5.20. The molecule has 0 aliphatic carbocycles. The van der Waals surface area contributed by atoms with Crippen molar-refractivity contribution >= 4 is 21.7 Å². The zero-order valence-corrected chi connectivity index (χ0v) is 12.1. The molecule has 0 radical (unpaired) electrons. The molecule has 0 saturated heterocycles. The van der Waals surface area contributed by atoms with Crippen LogP contribution in [0.4, 0.5) is 10.2 Å². The third-order valence-corrected chi connectivity index (χ3v) is 3.34. The maximum absolute atomic E-state index is 13.5. The Morgan fingerprint density at radius 3 is 2.82 bits per heavy atom. The van der Waals surface area contributed by atoms with Crippen LogP contribution in [0.15, 0.2) is 16.7 Å². The molecule has 1 aromatic rings. The molecule has 2 nitrogen and oxygen atoms in total. The lowest BCUT2D eigenvalue weighted by Crippen LogP contribution is -2.15. The van der Waals surface area contributed by atoms with Crippen LogP contribution in [0.3, 0.4) is 0 Å². The Kier molecular flexibility index (Phi) is 6.48. The molecule has 0 bridgehead atoms. The van der Waals surface area contributed by atoms with Gasteiger partial charge in [0.1, 0.15) is 0 Å². The summed E-state index contributed by atoms with van der Waals surface area (Å²) in [4.78, 5) is 4.03. The van der Waals surface area contributed by atoms with Gasteiger partial charge in [-0.3, -0.25) is 0 Å². The molecule has 1 N–H and O–H groups in total. The fourth-order valence-corrected chi connectivity index (χ4v) is 2.03. The number of unbranched alkanes of at least 4 members (excludes halogenated alkanes) is 1. The van der Waals surface area contributed by atoms with E-state index in [1.54, 1.807) is 6.20 Å². The average Bonchev–Trinajstić information content (AvgIpc) is 2.31. The van der Waals surface area contributed by atoms with Crippen molar-refractivity contribution < 1.29 is 4.39 Å². The van der Waals surface area contributed by atoms with Gasteiger partial charge in [-0.15, -0.1) is 0 Å². The first-order valence-corrected chi connectivity index (χ1v) is 7.01. The SMILES string of the molecule is CCCCC(CC)CNc1ncc(Br)cc1F. The fraction of sp³-hybridized carbons (Fsp3) is 0.615. The van der Waals surface area contributed by atoms with Gasteiger partial charge in [-0.2, -0.15) is 0 Å². The number of halogens is 2. The van der Waals surface area contributed by atoms with Crippen LogP contribution in [0.2, 0.25) is 0 Å². The second-order valence-electron chi connectivity index (χ2n) is 4.28. The van der Waals surface area contributed by atoms with Crippen LogP contribution >= 0.6 is 15.9 Å². The van der Waals surface area contributed by atoms with Gasteiger partial charge < -0.3 is 5.32 Å². The van der Waals surface area contributed by atoms with Crippen LogP contribution in [0.5, 0.6) is 0 Å². The Morgan fingerprint density at radius 1 is 1.47 bits per heavy atom. The van der Waals surface area contributed by atoms with Gasteiger partial charge >= 0.3 is 0 Å². The maximum atomic E-state index is 13.5. The van der Waals surface area contributed by atoms with E-state index in [9.17, 15) is 4.39 Å². The van der Waals surface area contributed by atoms with Crippen molar-refractivity contribution in [2.75, 3.05) is 11.9 Å². The van der Waals surface area contributed by atoms with Crippen LogP contribution in [0, 0.1) is 11.7 Å². The standard InChI is InChI=1S/C13H20BrFN2/c1-3-5-6-10(4-2)8-16-13-12(15)7-11(14)9-17-13/h7,9-10H,3-6,8H2,1-2H3,(H,16,17). The van der Waals surface area contributed by atoms with Crippen LogP contribution in [-0.2, 0) is 0 Å². The number of nitrogens with zero attached hydrogens (tertiary/aromatic N) is 1. The summed E-state index contributed by atoms with van der Waals surface area (Å²) in [6.07, 6.45) is 6.36. The smallest absolute Gasteiger partial charge is 0.166 e. The molecule has 0 aliphatic rings. The van der Waals surface area contributed by atoms with Crippen molar-refractivity contribution in [3.8, 4) is 0 Å². The summed E-state index contributed by atoms with van der Waals surface area (Å²) < 4.78 is 14.2. The Hall–Kier alpha value is -0.640. The molecular formula is C13H20BrFN2. The van der Waals surface area contributed by atoms with E-state index in [1.165, 1.54) is 25.3 Å². The highest BCUT2D eigenvalue weighted by atomic mass is 79.9. The summed E-state index contributed by atoms with van der Waals surface area (Å²) >= 11 is 3.19. The lowest BCUT2D eigenvalue weighted by atomic mass is 9.99. The zero-order chi connectivity index (χ0) is 12.7. The van der Waals surface area contributed by atoms with Crippen molar-refractivity contribution in [2.45, 2.75) is 39.5 Å². The summed E-state index contributed by atoms with van der Waals surface area (Å²) in [5.74, 6) is 0.646. The van der Waals surface area contributed by atoms with Crippen molar-refractivity contribution in [1.29, 1.82) is 0 Å². The molecule has 1 aromatic heterocycles. The predicted molar refractivity (Wildman–Crippen MR) is 73.7 cm³/mol. The normalized spacial score (nSPS) is 12.5. The molecule has 0 fully saturated rings. The van der Waals surface area contributed by atoms with Crippen LogP contribution < -0.4 is 5.32 Å². The van der Waals surface area contributed by atoms with E-state index in [-0.39, 0.29) is 5.82 Å². The van der Waals surface area contributed by atoms with Gasteiger partial charge in [-0.1, -0.05) is 33.1 Å². The van der Waals surface area contributed by atoms with E-state index in [0.717, 1.165) is 13.0 Å². The summed E-state index contributed by atoms with van der Waals surface area (Å²) in [5.41, 5.74) is 0. The highest BCUT2D eigenvalue weighted by molar-refractivity contribution is 9.10. The number of hydrogen-bond acceptors (Lipinski definition) is 2. The minimum absolute atomic E-state index is 0.301. The molecule has 0 spiro atoms. The van der Waals surface area contributed by atoms with E-state index in [1.807, 2.05) is 0 Å². The molecule has 1 rings (SSSR count). The fourth-order valence-electron chi connectivity index (χ4n) is 1.73. The number of anilines is 1. The molecule has 0 amide bonds. The minimum atomic E-state index is -0.301. The Labute approximate surface area is 111 Å². The minimum Gasteiger partial charge on any atom is -0.367 e. The van der Waals surface area contributed by atoms with Gasteiger partial charge in [0.2, 0.25) is 0 Å². The van der Waals surface area contributed by atoms with Crippen LogP contribution in [0.25, 0.3) is 0 Å². The molecule has 0 aromatic carbocycles. The third-order valence-electron chi connectivity index (χ3n) is 2.91. The molecule has 4 heteroatoms. The van der Waals surface area contributed by atoms with E-state index in [2.05, 4.69) is 40.1 Å². The van der Waals surface area contributed by atoms with Gasteiger partial charge in [-0.05, 0) is 34.3 Å². The topological polar surface area (TPSA) is 24.9 Å². The quantitative estimate of drug-likeness (QED) is 0.795. The first-order chi connectivity index (χ1) is 8.17. The number of rotatable bonds is 7. The molecule has 1 heterocycles. The van der Waals surface area contributed by atoms with E-state index in [0.29, 0.717) is 16.2 Å².